The van der Waals surface area contributed by atoms with E-state index in [1.807, 2.05) is 0 Å². The molecule has 0 aliphatic rings. The lowest BCUT2D eigenvalue weighted by atomic mass is 10.3. The van der Waals surface area contributed by atoms with Gasteiger partial charge in [-0.05, 0) is 26.1 Å². The first-order valence-electron chi connectivity index (χ1n) is 3.21. The van der Waals surface area contributed by atoms with Crippen molar-refractivity contribution in [2.75, 3.05) is 6.61 Å². The zero-order valence-corrected chi connectivity index (χ0v) is 7.46. The maximum absolute atomic E-state index is 10.8. The van der Waals surface area contributed by atoms with Crippen molar-refractivity contribution in [3.8, 4) is 0 Å². The molecule has 62 valence electrons. The summed E-state index contributed by atoms with van der Waals surface area (Å²) in [4.78, 5) is 10.8. The maximum Gasteiger partial charge on any atom is 0.263 e. The Morgan fingerprint density at radius 2 is 2.27 bits per heavy atom. The summed E-state index contributed by atoms with van der Waals surface area (Å²) in [6, 6.07) is 0. The smallest absolute Gasteiger partial charge is 0.263 e. The predicted molar refractivity (Wildman–Crippen MR) is 47.2 cm³/mol. The maximum atomic E-state index is 10.8. The van der Waals surface area contributed by atoms with Gasteiger partial charge in [0.2, 0.25) is 0 Å². The number of ether oxygens (including phenoxy) is 1. The Morgan fingerprint density at radius 3 is 2.64 bits per heavy atom. The highest BCUT2D eigenvalue weighted by atomic mass is 32.1. The number of nitrogens with one attached hydrogen (secondary N) is 1. The van der Waals surface area contributed by atoms with Crippen molar-refractivity contribution in [1.82, 2.24) is 5.32 Å². The lowest BCUT2D eigenvalue weighted by Crippen LogP contribution is -2.30. The van der Waals surface area contributed by atoms with E-state index in [2.05, 4.69) is 24.1 Å². The van der Waals surface area contributed by atoms with Gasteiger partial charge in [-0.2, -0.15) is 0 Å². The predicted octanol–water partition coefficient (Wildman–Crippen LogP) is 1.00. The standard InChI is InChI=1S/C7H11NO2S/c1-4-10-7(11)8-6(9)5(2)3/h2,4H2,1,3H3,(H,8,9,11). The quantitative estimate of drug-likeness (QED) is 0.500. The van der Waals surface area contributed by atoms with Crippen LogP contribution in [0, 0.1) is 0 Å². The van der Waals surface area contributed by atoms with Crippen LogP contribution in [0.25, 0.3) is 0 Å². The van der Waals surface area contributed by atoms with Crippen molar-refractivity contribution < 1.29 is 9.53 Å². The molecule has 0 fully saturated rings. The van der Waals surface area contributed by atoms with Crippen LogP contribution in [0.1, 0.15) is 13.8 Å². The van der Waals surface area contributed by atoms with Gasteiger partial charge in [0.05, 0.1) is 6.61 Å². The monoisotopic (exact) mass is 173 g/mol. The van der Waals surface area contributed by atoms with Gasteiger partial charge in [0.25, 0.3) is 11.1 Å². The summed E-state index contributed by atoms with van der Waals surface area (Å²) in [6.45, 7) is 7.29. The van der Waals surface area contributed by atoms with E-state index >= 15 is 0 Å². The normalized spacial score (nSPS) is 8.55. The van der Waals surface area contributed by atoms with Crippen molar-refractivity contribution in [3.05, 3.63) is 12.2 Å². The van der Waals surface area contributed by atoms with Crippen molar-refractivity contribution in [2.24, 2.45) is 0 Å². The molecule has 1 amide bonds. The van der Waals surface area contributed by atoms with Crippen LogP contribution >= 0.6 is 12.2 Å². The SMILES string of the molecule is C=C(C)C(=O)NC(=S)OCC. The molecule has 0 saturated carbocycles. The lowest BCUT2D eigenvalue weighted by Gasteiger charge is -2.05. The highest BCUT2D eigenvalue weighted by Gasteiger charge is 2.03. The summed E-state index contributed by atoms with van der Waals surface area (Å²) in [5.74, 6) is -0.302. The largest absolute Gasteiger partial charge is 0.471 e. The Bertz CT molecular complexity index is 189. The fourth-order valence-corrected chi connectivity index (χ4v) is 0.577. The molecule has 0 aliphatic heterocycles. The van der Waals surface area contributed by atoms with Crippen LogP contribution in [0.15, 0.2) is 12.2 Å². The Hall–Kier alpha value is -0.900. The molecule has 0 saturated heterocycles. The van der Waals surface area contributed by atoms with E-state index in [1.54, 1.807) is 13.8 Å². The summed E-state index contributed by atoms with van der Waals surface area (Å²) < 4.78 is 4.82. The second-order valence-electron chi connectivity index (χ2n) is 1.95. The minimum absolute atomic E-state index is 0.0977. The van der Waals surface area contributed by atoms with Crippen molar-refractivity contribution in [3.63, 3.8) is 0 Å². The number of thiocarbonyl (C=S) groups is 1. The van der Waals surface area contributed by atoms with Crippen LogP contribution in [0.3, 0.4) is 0 Å². The number of hydrogen-bond acceptors (Lipinski definition) is 3. The fourth-order valence-electron chi connectivity index (χ4n) is 0.367. The summed E-state index contributed by atoms with van der Waals surface area (Å²) >= 11 is 4.65. The number of amides is 1. The van der Waals surface area contributed by atoms with Crippen LogP contribution in [0.4, 0.5) is 0 Å². The van der Waals surface area contributed by atoms with Crippen molar-refractivity contribution in [1.29, 1.82) is 0 Å². The van der Waals surface area contributed by atoms with Gasteiger partial charge in [-0.25, -0.2) is 0 Å². The van der Waals surface area contributed by atoms with E-state index in [4.69, 9.17) is 4.74 Å². The molecule has 0 aromatic heterocycles. The molecule has 11 heavy (non-hydrogen) atoms. The van der Waals surface area contributed by atoms with Crippen molar-refractivity contribution >= 4 is 23.3 Å². The molecule has 0 spiro atoms. The molecular weight excluding hydrogens is 162 g/mol. The Kier molecular flexibility index (Phi) is 4.45. The molecule has 0 aromatic carbocycles. The molecule has 4 heteroatoms. The lowest BCUT2D eigenvalue weighted by molar-refractivity contribution is -0.116. The van der Waals surface area contributed by atoms with E-state index in [1.165, 1.54) is 0 Å². The van der Waals surface area contributed by atoms with Crippen molar-refractivity contribution in [2.45, 2.75) is 13.8 Å². The summed E-state index contributed by atoms with van der Waals surface area (Å²) in [6.07, 6.45) is 0. The highest BCUT2D eigenvalue weighted by molar-refractivity contribution is 7.80. The third kappa shape index (κ3) is 4.50. The minimum atomic E-state index is -0.302. The molecule has 0 unspecified atom stereocenters. The zero-order chi connectivity index (χ0) is 8.85. The Balaban J connectivity index is 3.76. The number of rotatable bonds is 2. The Morgan fingerprint density at radius 1 is 1.73 bits per heavy atom. The summed E-state index contributed by atoms with van der Waals surface area (Å²) in [5.41, 5.74) is 0.409. The van der Waals surface area contributed by atoms with Gasteiger partial charge in [0.15, 0.2) is 0 Å². The first-order valence-corrected chi connectivity index (χ1v) is 3.62. The molecule has 1 N–H and O–H groups in total. The topological polar surface area (TPSA) is 38.3 Å². The summed E-state index contributed by atoms with van der Waals surface area (Å²) in [7, 11) is 0. The van der Waals surface area contributed by atoms with Gasteiger partial charge in [0, 0.05) is 5.57 Å². The van der Waals surface area contributed by atoms with E-state index in [0.29, 0.717) is 12.2 Å². The van der Waals surface area contributed by atoms with E-state index in [0.717, 1.165) is 0 Å². The van der Waals surface area contributed by atoms with Gasteiger partial charge >= 0.3 is 0 Å². The van der Waals surface area contributed by atoms with Gasteiger partial charge in [-0.15, -0.1) is 0 Å². The molecule has 0 rings (SSSR count). The first-order chi connectivity index (χ1) is 5.07. The highest BCUT2D eigenvalue weighted by Crippen LogP contribution is 1.86. The fraction of sp³-hybridized carbons (Fsp3) is 0.429. The van der Waals surface area contributed by atoms with E-state index in [9.17, 15) is 4.79 Å². The van der Waals surface area contributed by atoms with Crippen LogP contribution in [-0.4, -0.2) is 17.7 Å². The Labute approximate surface area is 71.4 Å². The van der Waals surface area contributed by atoms with Gasteiger partial charge in [-0.1, -0.05) is 6.58 Å². The van der Waals surface area contributed by atoms with Crippen LogP contribution in [-0.2, 0) is 9.53 Å². The van der Waals surface area contributed by atoms with Gasteiger partial charge in [0.1, 0.15) is 0 Å². The average molecular weight is 173 g/mol. The molecule has 0 atom stereocenters. The molecule has 0 heterocycles. The number of hydrogen-bond donors (Lipinski definition) is 1. The van der Waals surface area contributed by atoms with Crippen LogP contribution in [0.5, 0.6) is 0 Å². The number of carbonyl (C=O) groups excluding carboxylic acids is 1. The third-order valence-electron chi connectivity index (χ3n) is 0.879. The molecule has 0 aliphatic carbocycles. The summed E-state index contributed by atoms with van der Waals surface area (Å²) in [5, 5.41) is 2.45. The minimum Gasteiger partial charge on any atom is -0.471 e. The van der Waals surface area contributed by atoms with E-state index in [-0.39, 0.29) is 11.1 Å². The average Bonchev–Trinajstić information content (AvgIpc) is 1.87. The third-order valence-corrected chi connectivity index (χ3v) is 1.10. The van der Waals surface area contributed by atoms with E-state index < -0.39 is 0 Å². The number of carbonyl (C=O) groups is 1. The zero-order valence-electron chi connectivity index (χ0n) is 6.64. The van der Waals surface area contributed by atoms with Gasteiger partial charge in [-0.3, -0.25) is 10.1 Å². The second-order valence-corrected chi connectivity index (χ2v) is 2.33. The second kappa shape index (κ2) is 4.85. The van der Waals surface area contributed by atoms with Crippen LogP contribution in [0.2, 0.25) is 0 Å². The molecule has 0 bridgehead atoms. The molecule has 0 aromatic rings. The van der Waals surface area contributed by atoms with Crippen LogP contribution < -0.4 is 5.32 Å². The molecular formula is C7H11NO2S. The first kappa shape index (κ1) is 10.1. The molecule has 0 radical (unpaired) electrons. The molecule has 3 nitrogen and oxygen atoms in total. The van der Waals surface area contributed by atoms with Gasteiger partial charge < -0.3 is 4.74 Å².